The summed E-state index contributed by atoms with van der Waals surface area (Å²) in [5.74, 6) is 1.46. The largest absolute Gasteiger partial charge is 0.456 e. The summed E-state index contributed by atoms with van der Waals surface area (Å²) in [6.07, 6.45) is 0.660. The van der Waals surface area contributed by atoms with E-state index < -0.39 is 0 Å². The van der Waals surface area contributed by atoms with Crippen molar-refractivity contribution in [3.8, 4) is 11.4 Å². The normalized spacial score (nSPS) is 10.5. The minimum Gasteiger partial charge on any atom is -0.456 e. The number of aldehydes is 1. The quantitative estimate of drug-likeness (QED) is 0.663. The lowest BCUT2D eigenvalue weighted by Crippen LogP contribution is -2.03. The molecule has 94 valence electrons. The molecule has 0 N–H and O–H groups in total. The lowest BCUT2D eigenvalue weighted by molar-refractivity contribution is 0.109. The van der Waals surface area contributed by atoms with E-state index >= 15 is 0 Å². The fraction of sp³-hybridized carbons (Fsp3) is 0.0769. The lowest BCUT2D eigenvalue weighted by Gasteiger charge is -1.94. The summed E-state index contributed by atoms with van der Waals surface area (Å²) in [6.45, 7) is 0.341. The van der Waals surface area contributed by atoms with Crippen molar-refractivity contribution in [3.05, 3.63) is 54.0 Å². The number of rotatable bonds is 4. The Labute approximate surface area is 108 Å². The smallest absolute Gasteiger partial charge is 0.204 e. The van der Waals surface area contributed by atoms with Gasteiger partial charge in [-0.3, -0.25) is 4.79 Å². The maximum absolute atomic E-state index is 10.5. The first-order valence-corrected chi connectivity index (χ1v) is 5.72. The van der Waals surface area contributed by atoms with Gasteiger partial charge in [0.05, 0.1) is 0 Å². The van der Waals surface area contributed by atoms with E-state index in [0.717, 1.165) is 5.56 Å². The topological polar surface area (TPSA) is 73.8 Å². The van der Waals surface area contributed by atoms with Crippen molar-refractivity contribution in [2.24, 2.45) is 0 Å². The molecule has 0 aliphatic carbocycles. The fourth-order valence-electron chi connectivity index (χ4n) is 1.70. The zero-order valence-corrected chi connectivity index (χ0v) is 9.93. The Morgan fingerprint density at radius 3 is 2.74 bits per heavy atom. The van der Waals surface area contributed by atoms with E-state index in [1.54, 1.807) is 12.1 Å². The maximum atomic E-state index is 10.5. The van der Waals surface area contributed by atoms with Crippen LogP contribution in [-0.2, 0) is 6.54 Å². The molecule has 0 saturated heterocycles. The van der Waals surface area contributed by atoms with E-state index in [2.05, 4.69) is 15.4 Å². The summed E-state index contributed by atoms with van der Waals surface area (Å²) >= 11 is 0. The van der Waals surface area contributed by atoms with E-state index in [1.165, 1.54) is 4.80 Å². The van der Waals surface area contributed by atoms with Crippen molar-refractivity contribution in [1.29, 1.82) is 0 Å². The van der Waals surface area contributed by atoms with Crippen molar-refractivity contribution in [3.63, 3.8) is 0 Å². The third-order valence-electron chi connectivity index (χ3n) is 2.58. The van der Waals surface area contributed by atoms with Gasteiger partial charge in [-0.15, -0.1) is 10.2 Å². The molecular formula is C13H10N4O2. The van der Waals surface area contributed by atoms with Crippen LogP contribution in [0.1, 0.15) is 16.3 Å². The molecule has 0 saturated carbocycles. The van der Waals surface area contributed by atoms with Crippen LogP contribution in [-0.4, -0.2) is 26.5 Å². The first-order chi connectivity index (χ1) is 9.35. The third kappa shape index (κ3) is 2.42. The second kappa shape index (κ2) is 4.85. The van der Waals surface area contributed by atoms with E-state index in [1.807, 2.05) is 30.3 Å². The Morgan fingerprint density at radius 1 is 1.16 bits per heavy atom. The van der Waals surface area contributed by atoms with Crippen molar-refractivity contribution < 1.29 is 9.21 Å². The number of aromatic nitrogens is 4. The fourth-order valence-corrected chi connectivity index (χ4v) is 1.70. The Bertz CT molecular complexity index is 688. The van der Waals surface area contributed by atoms with Crippen molar-refractivity contribution >= 4 is 6.29 Å². The van der Waals surface area contributed by atoms with Crippen LogP contribution in [0.15, 0.2) is 46.9 Å². The van der Waals surface area contributed by atoms with E-state index in [4.69, 9.17) is 4.42 Å². The summed E-state index contributed by atoms with van der Waals surface area (Å²) in [5.41, 5.74) is 0.904. The van der Waals surface area contributed by atoms with Gasteiger partial charge in [0.25, 0.3) is 0 Å². The molecule has 19 heavy (non-hydrogen) atoms. The van der Waals surface area contributed by atoms with Crippen molar-refractivity contribution in [2.75, 3.05) is 0 Å². The Kier molecular flexibility index (Phi) is 2.89. The number of benzene rings is 1. The molecule has 0 fully saturated rings. The van der Waals surface area contributed by atoms with E-state index in [9.17, 15) is 4.79 Å². The summed E-state index contributed by atoms with van der Waals surface area (Å²) in [7, 11) is 0. The van der Waals surface area contributed by atoms with Crippen LogP contribution >= 0.6 is 0 Å². The highest BCUT2D eigenvalue weighted by Crippen LogP contribution is 2.12. The summed E-state index contributed by atoms with van der Waals surface area (Å²) in [6, 6.07) is 12.9. The zero-order valence-electron chi connectivity index (χ0n) is 9.93. The van der Waals surface area contributed by atoms with Crippen LogP contribution in [0.2, 0.25) is 0 Å². The van der Waals surface area contributed by atoms with Crippen LogP contribution in [0.25, 0.3) is 11.4 Å². The highest BCUT2D eigenvalue weighted by molar-refractivity contribution is 5.70. The van der Waals surface area contributed by atoms with E-state index in [-0.39, 0.29) is 0 Å². The second-order valence-electron chi connectivity index (χ2n) is 3.93. The van der Waals surface area contributed by atoms with Gasteiger partial charge in [-0.1, -0.05) is 30.3 Å². The number of carbonyl (C=O) groups is 1. The SMILES string of the molecule is O=Cc1ccc(Cn2nnc(-c3ccccc3)n2)o1. The van der Waals surface area contributed by atoms with Gasteiger partial charge in [-0.25, -0.2) is 0 Å². The molecule has 0 spiro atoms. The van der Waals surface area contributed by atoms with Gasteiger partial charge in [-0.05, 0) is 17.3 Å². The van der Waals surface area contributed by atoms with Gasteiger partial charge in [0.2, 0.25) is 5.82 Å². The molecule has 6 nitrogen and oxygen atoms in total. The average Bonchev–Trinajstić information content (AvgIpc) is 3.09. The van der Waals surface area contributed by atoms with Gasteiger partial charge >= 0.3 is 0 Å². The molecule has 0 aliphatic rings. The minimum absolute atomic E-state index is 0.290. The molecular weight excluding hydrogens is 244 g/mol. The summed E-state index contributed by atoms with van der Waals surface area (Å²) in [4.78, 5) is 11.9. The molecule has 3 aromatic rings. The molecule has 1 aromatic carbocycles. The Morgan fingerprint density at radius 2 is 2.00 bits per heavy atom. The second-order valence-corrected chi connectivity index (χ2v) is 3.93. The first kappa shape index (κ1) is 11.3. The summed E-state index contributed by atoms with van der Waals surface area (Å²) in [5, 5.41) is 12.2. The standard InChI is InChI=1S/C13H10N4O2/c18-9-12-7-6-11(19-12)8-17-15-13(14-16-17)10-4-2-1-3-5-10/h1-7,9H,8H2. The molecule has 2 heterocycles. The van der Waals surface area contributed by atoms with Gasteiger partial charge in [0, 0.05) is 5.56 Å². The van der Waals surface area contributed by atoms with Crippen LogP contribution in [0.4, 0.5) is 0 Å². The highest BCUT2D eigenvalue weighted by atomic mass is 16.3. The molecule has 2 aromatic heterocycles. The predicted octanol–water partition coefficient (Wildman–Crippen LogP) is 1.79. The number of hydrogen-bond acceptors (Lipinski definition) is 5. The molecule has 0 aliphatic heterocycles. The maximum Gasteiger partial charge on any atom is 0.204 e. The number of tetrazole rings is 1. The predicted molar refractivity (Wildman–Crippen MR) is 66.5 cm³/mol. The number of nitrogens with zero attached hydrogens (tertiary/aromatic N) is 4. The van der Waals surface area contributed by atoms with Gasteiger partial charge in [0.15, 0.2) is 12.0 Å². The minimum atomic E-state index is 0.290. The molecule has 6 heteroatoms. The van der Waals surface area contributed by atoms with Crippen molar-refractivity contribution in [2.45, 2.75) is 6.54 Å². The van der Waals surface area contributed by atoms with Gasteiger partial charge < -0.3 is 4.42 Å². The van der Waals surface area contributed by atoms with Crippen LogP contribution < -0.4 is 0 Å². The summed E-state index contributed by atoms with van der Waals surface area (Å²) < 4.78 is 5.26. The molecule has 3 rings (SSSR count). The number of furan rings is 1. The zero-order chi connectivity index (χ0) is 13.1. The van der Waals surface area contributed by atoms with Crippen molar-refractivity contribution in [1.82, 2.24) is 20.2 Å². The average molecular weight is 254 g/mol. The Hall–Kier alpha value is -2.76. The van der Waals surface area contributed by atoms with Crippen LogP contribution in [0.3, 0.4) is 0 Å². The number of carbonyl (C=O) groups excluding carboxylic acids is 1. The number of hydrogen-bond donors (Lipinski definition) is 0. The van der Waals surface area contributed by atoms with Crippen LogP contribution in [0.5, 0.6) is 0 Å². The third-order valence-corrected chi connectivity index (χ3v) is 2.58. The lowest BCUT2D eigenvalue weighted by atomic mass is 10.2. The molecule has 0 amide bonds. The Balaban J connectivity index is 1.80. The van der Waals surface area contributed by atoms with Crippen LogP contribution in [0, 0.1) is 0 Å². The monoisotopic (exact) mass is 254 g/mol. The molecule has 0 radical (unpaired) electrons. The van der Waals surface area contributed by atoms with Gasteiger partial charge in [-0.2, -0.15) is 4.80 Å². The molecule has 0 unspecified atom stereocenters. The van der Waals surface area contributed by atoms with Gasteiger partial charge in [0.1, 0.15) is 12.3 Å². The van der Waals surface area contributed by atoms with E-state index in [0.29, 0.717) is 30.2 Å². The molecule has 0 atom stereocenters. The first-order valence-electron chi connectivity index (χ1n) is 5.72. The molecule has 0 bridgehead atoms. The highest BCUT2D eigenvalue weighted by Gasteiger charge is 2.07.